The van der Waals surface area contributed by atoms with Crippen LogP contribution < -0.4 is 0 Å². The number of halogens is 1. The van der Waals surface area contributed by atoms with Gasteiger partial charge in [0.15, 0.2) is 12.4 Å². The van der Waals surface area contributed by atoms with E-state index in [1.165, 1.54) is 0 Å². The van der Waals surface area contributed by atoms with Crippen molar-refractivity contribution in [2.45, 2.75) is 6.42 Å². The molecule has 2 saturated carbocycles. The summed E-state index contributed by atoms with van der Waals surface area (Å²) in [5.74, 6) is -0.995. The Labute approximate surface area is 170 Å². The average molecular weight is 444 g/mol. The largest absolute Gasteiger partial charge is 0.456 e. The molecule has 2 amide bonds. The van der Waals surface area contributed by atoms with Gasteiger partial charge in [0.1, 0.15) is 6.54 Å². The molecule has 1 aliphatic heterocycles. The number of rotatable bonds is 5. The summed E-state index contributed by atoms with van der Waals surface area (Å²) in [7, 11) is 0. The van der Waals surface area contributed by atoms with Crippen LogP contribution in [0.4, 0.5) is 0 Å². The summed E-state index contributed by atoms with van der Waals surface area (Å²) >= 11 is 3.29. The van der Waals surface area contributed by atoms with Gasteiger partial charge in [-0.3, -0.25) is 24.1 Å². The third-order valence-electron chi connectivity index (χ3n) is 6.57. The number of carbonyl (C=O) groups excluding carboxylic acids is 4. The molecule has 5 aliphatic rings. The Morgan fingerprint density at radius 2 is 1.57 bits per heavy atom. The van der Waals surface area contributed by atoms with E-state index in [-0.39, 0.29) is 41.3 Å². The number of imide groups is 1. The van der Waals surface area contributed by atoms with E-state index < -0.39 is 19.1 Å². The molecule has 0 unspecified atom stereocenters. The zero-order valence-corrected chi connectivity index (χ0v) is 16.5. The molecule has 144 valence electrons. The van der Waals surface area contributed by atoms with Gasteiger partial charge >= 0.3 is 5.97 Å². The van der Waals surface area contributed by atoms with Gasteiger partial charge in [-0.05, 0) is 42.2 Å². The van der Waals surface area contributed by atoms with Crippen molar-refractivity contribution in [3.05, 3.63) is 46.5 Å². The number of nitrogens with zero attached hydrogens (tertiary/aromatic N) is 1. The number of hydrogen-bond acceptors (Lipinski definition) is 5. The van der Waals surface area contributed by atoms with Crippen LogP contribution in [0.1, 0.15) is 16.8 Å². The van der Waals surface area contributed by atoms with Crippen LogP contribution >= 0.6 is 15.9 Å². The molecule has 28 heavy (non-hydrogen) atoms. The molecule has 0 spiro atoms. The minimum Gasteiger partial charge on any atom is -0.456 e. The van der Waals surface area contributed by atoms with Gasteiger partial charge in [0.2, 0.25) is 11.8 Å². The van der Waals surface area contributed by atoms with Crippen molar-refractivity contribution >= 4 is 39.5 Å². The lowest BCUT2D eigenvalue weighted by Gasteiger charge is -2.37. The number of esters is 1. The van der Waals surface area contributed by atoms with Crippen LogP contribution in [-0.4, -0.2) is 41.6 Å². The summed E-state index contributed by atoms with van der Waals surface area (Å²) in [6.45, 7) is -0.840. The van der Waals surface area contributed by atoms with Crippen molar-refractivity contribution < 1.29 is 23.9 Å². The standard InChI is InChI=1S/C21H18BrNO5/c22-11-3-1-10(2-4-11)16(24)9-28-17(25)8-23-20(26)18-12-5-6-13(15-7-14(12)15)19(18)21(23)27/h1-6,12-15,18-19H,7-9H2/t12-,13-,14-,15-,18+,19+/m0/s1. The number of likely N-dealkylation sites (tertiary alicyclic amines) is 1. The summed E-state index contributed by atoms with van der Waals surface area (Å²) in [6, 6.07) is 6.72. The molecule has 3 fully saturated rings. The topological polar surface area (TPSA) is 80.8 Å². The van der Waals surface area contributed by atoms with E-state index in [0.29, 0.717) is 17.4 Å². The number of Topliss-reactive ketones (excluding diaryl/α,β-unsaturated/α-hetero) is 1. The summed E-state index contributed by atoms with van der Waals surface area (Å²) < 4.78 is 5.88. The molecule has 6 rings (SSSR count). The summed E-state index contributed by atoms with van der Waals surface area (Å²) in [5.41, 5.74) is 0.428. The van der Waals surface area contributed by atoms with Gasteiger partial charge in [-0.1, -0.05) is 40.2 Å². The van der Waals surface area contributed by atoms with Gasteiger partial charge in [0, 0.05) is 10.0 Å². The monoisotopic (exact) mass is 443 g/mol. The molecule has 1 heterocycles. The maximum atomic E-state index is 12.8. The third kappa shape index (κ3) is 2.67. The number of carbonyl (C=O) groups is 4. The quantitative estimate of drug-likeness (QED) is 0.301. The van der Waals surface area contributed by atoms with Crippen molar-refractivity contribution in [2.24, 2.45) is 35.5 Å². The lowest BCUT2D eigenvalue weighted by molar-refractivity contribution is -0.152. The van der Waals surface area contributed by atoms with E-state index in [1.807, 2.05) is 0 Å². The van der Waals surface area contributed by atoms with Gasteiger partial charge in [-0.2, -0.15) is 0 Å². The lowest BCUT2D eigenvalue weighted by Crippen LogP contribution is -2.40. The van der Waals surface area contributed by atoms with E-state index in [9.17, 15) is 19.2 Å². The van der Waals surface area contributed by atoms with E-state index in [2.05, 4.69) is 28.1 Å². The van der Waals surface area contributed by atoms with Crippen LogP contribution in [0.15, 0.2) is 40.9 Å². The molecule has 6 atom stereocenters. The molecule has 7 heteroatoms. The van der Waals surface area contributed by atoms with E-state index in [1.54, 1.807) is 24.3 Å². The second kappa shape index (κ2) is 6.37. The van der Waals surface area contributed by atoms with E-state index >= 15 is 0 Å². The summed E-state index contributed by atoms with van der Waals surface area (Å²) in [5, 5.41) is 0. The predicted octanol–water partition coefficient (Wildman–Crippen LogP) is 2.23. The molecule has 2 bridgehead atoms. The molecule has 0 N–H and O–H groups in total. The zero-order chi connectivity index (χ0) is 19.6. The Hall–Kier alpha value is -2.28. The first kappa shape index (κ1) is 17.8. The van der Waals surface area contributed by atoms with E-state index in [4.69, 9.17) is 4.74 Å². The predicted molar refractivity (Wildman–Crippen MR) is 101 cm³/mol. The Bertz CT molecular complexity index is 887. The molecule has 6 nitrogen and oxygen atoms in total. The van der Waals surface area contributed by atoms with Crippen LogP contribution in [0, 0.1) is 35.5 Å². The molecular weight excluding hydrogens is 426 g/mol. The maximum Gasteiger partial charge on any atom is 0.326 e. The average Bonchev–Trinajstić information content (AvgIpc) is 3.48. The second-order valence-electron chi connectivity index (χ2n) is 8.01. The van der Waals surface area contributed by atoms with Crippen molar-refractivity contribution in [1.29, 1.82) is 0 Å². The van der Waals surface area contributed by atoms with Gasteiger partial charge in [-0.25, -0.2) is 0 Å². The summed E-state index contributed by atoms with van der Waals surface area (Å²) in [6.07, 6.45) is 5.27. The lowest BCUT2D eigenvalue weighted by atomic mass is 9.63. The molecule has 4 aliphatic carbocycles. The number of hydrogen-bond donors (Lipinski definition) is 0. The van der Waals surface area contributed by atoms with Gasteiger partial charge in [0.25, 0.3) is 0 Å². The molecule has 1 saturated heterocycles. The van der Waals surface area contributed by atoms with Crippen molar-refractivity contribution in [3.63, 3.8) is 0 Å². The van der Waals surface area contributed by atoms with Crippen LogP contribution in [0.3, 0.4) is 0 Å². The number of ketones is 1. The van der Waals surface area contributed by atoms with E-state index in [0.717, 1.165) is 15.8 Å². The van der Waals surface area contributed by atoms with Crippen LogP contribution in [0.2, 0.25) is 0 Å². The smallest absolute Gasteiger partial charge is 0.326 e. The first-order valence-electron chi connectivity index (χ1n) is 9.43. The summed E-state index contributed by atoms with van der Waals surface area (Å²) in [4.78, 5) is 51.0. The molecule has 1 aromatic rings. The highest BCUT2D eigenvalue weighted by molar-refractivity contribution is 9.10. The van der Waals surface area contributed by atoms with Gasteiger partial charge in [0.05, 0.1) is 11.8 Å². The fourth-order valence-electron chi connectivity index (χ4n) is 5.21. The molecule has 0 radical (unpaired) electrons. The Morgan fingerprint density at radius 3 is 2.14 bits per heavy atom. The van der Waals surface area contributed by atoms with Crippen molar-refractivity contribution in [3.8, 4) is 0 Å². The molecule has 1 aromatic carbocycles. The SMILES string of the molecule is O=C(CN1C(=O)[C@@H]2[C@H]3C=C[C@@H]([C@@H]4C[C@@H]34)[C@H]2C1=O)OCC(=O)c1ccc(Br)cc1. The first-order valence-corrected chi connectivity index (χ1v) is 10.2. The second-order valence-corrected chi connectivity index (χ2v) is 8.92. The number of allylic oxidation sites excluding steroid dienone is 2. The van der Waals surface area contributed by atoms with Crippen LogP contribution in [-0.2, 0) is 19.1 Å². The van der Waals surface area contributed by atoms with Crippen molar-refractivity contribution in [2.75, 3.05) is 13.2 Å². The fourth-order valence-corrected chi connectivity index (χ4v) is 5.48. The maximum absolute atomic E-state index is 12.8. The third-order valence-corrected chi connectivity index (χ3v) is 7.10. The van der Waals surface area contributed by atoms with Crippen LogP contribution in [0.5, 0.6) is 0 Å². The van der Waals surface area contributed by atoms with Crippen molar-refractivity contribution in [1.82, 2.24) is 4.90 Å². The Kier molecular flexibility index (Phi) is 4.05. The van der Waals surface area contributed by atoms with Crippen LogP contribution in [0.25, 0.3) is 0 Å². The minimum absolute atomic E-state index is 0.122. The number of amides is 2. The first-order chi connectivity index (χ1) is 13.5. The normalized spacial score (nSPS) is 34.2. The zero-order valence-electron chi connectivity index (χ0n) is 14.9. The number of benzene rings is 1. The Morgan fingerprint density at radius 1 is 1.00 bits per heavy atom. The fraction of sp³-hybridized carbons (Fsp3) is 0.429. The number of ether oxygens (including phenoxy) is 1. The van der Waals surface area contributed by atoms with Gasteiger partial charge in [-0.15, -0.1) is 0 Å². The highest BCUT2D eigenvalue weighted by Crippen LogP contribution is 2.65. The highest BCUT2D eigenvalue weighted by atomic mass is 79.9. The molecule has 0 aromatic heterocycles. The highest BCUT2D eigenvalue weighted by Gasteiger charge is 2.67. The van der Waals surface area contributed by atoms with Gasteiger partial charge < -0.3 is 4.74 Å². The molecular formula is C21H18BrNO5. The Balaban J connectivity index is 1.21. The minimum atomic E-state index is -0.740.